The number of rotatable bonds is 6. The molecule has 0 aliphatic carbocycles. The molecule has 0 atom stereocenters. The number of methoxy groups -OCH3 is 2. The number of ether oxygens (including phenoxy) is 2. The maximum absolute atomic E-state index is 12.0. The zero-order valence-corrected chi connectivity index (χ0v) is 14.0. The van der Waals surface area contributed by atoms with Crippen molar-refractivity contribution in [3.05, 3.63) is 34.3 Å². The zero-order chi connectivity index (χ0) is 16.1. The van der Waals surface area contributed by atoms with Crippen LogP contribution in [0, 0.1) is 13.8 Å². The summed E-state index contributed by atoms with van der Waals surface area (Å²) in [6.45, 7) is 3.93. The van der Waals surface area contributed by atoms with Crippen molar-refractivity contribution in [3.8, 4) is 11.5 Å². The molecule has 0 saturated carbocycles. The third-order valence-electron chi connectivity index (χ3n) is 3.36. The fourth-order valence-electron chi connectivity index (χ4n) is 2.00. The summed E-state index contributed by atoms with van der Waals surface area (Å²) in [6, 6.07) is 5.68. The van der Waals surface area contributed by atoms with E-state index in [-0.39, 0.29) is 5.91 Å². The highest BCUT2D eigenvalue weighted by Gasteiger charge is 2.09. The minimum absolute atomic E-state index is 0.0384. The van der Waals surface area contributed by atoms with Gasteiger partial charge in [-0.25, -0.2) is 4.98 Å². The maximum Gasteiger partial charge on any atom is 0.226 e. The molecule has 0 spiro atoms. The second kappa shape index (κ2) is 7.26. The van der Waals surface area contributed by atoms with Crippen molar-refractivity contribution in [3.63, 3.8) is 0 Å². The van der Waals surface area contributed by atoms with Crippen LogP contribution in [-0.4, -0.2) is 25.1 Å². The highest BCUT2D eigenvalue weighted by atomic mass is 32.1. The molecule has 1 aromatic heterocycles. The number of hydrogen-bond donors (Lipinski definition) is 1. The Hall–Kier alpha value is -2.08. The minimum atomic E-state index is -0.0384. The molecule has 1 aromatic carbocycles. The molecule has 0 fully saturated rings. The minimum Gasteiger partial charge on any atom is -0.493 e. The number of nitrogens with zero attached hydrogens (tertiary/aromatic N) is 1. The van der Waals surface area contributed by atoms with Crippen molar-refractivity contribution < 1.29 is 14.3 Å². The molecule has 0 radical (unpaired) electrons. The van der Waals surface area contributed by atoms with E-state index in [1.165, 1.54) is 11.3 Å². The number of aromatic nitrogens is 1. The van der Waals surface area contributed by atoms with Gasteiger partial charge in [0.15, 0.2) is 16.6 Å². The van der Waals surface area contributed by atoms with E-state index in [0.29, 0.717) is 29.5 Å². The summed E-state index contributed by atoms with van der Waals surface area (Å²) in [4.78, 5) is 17.4. The van der Waals surface area contributed by atoms with Gasteiger partial charge < -0.3 is 14.8 Å². The largest absolute Gasteiger partial charge is 0.493 e. The number of thiazole rings is 1. The number of amides is 1. The SMILES string of the molecule is COc1ccc(CCC(=O)Nc2nc(C)c(C)s2)cc1OC. The predicted molar refractivity (Wildman–Crippen MR) is 88.1 cm³/mol. The maximum atomic E-state index is 12.0. The second-order valence-corrected chi connectivity index (χ2v) is 6.10. The smallest absolute Gasteiger partial charge is 0.226 e. The number of hydrogen-bond acceptors (Lipinski definition) is 5. The molecule has 6 heteroatoms. The first-order chi connectivity index (χ1) is 10.5. The van der Waals surface area contributed by atoms with Crippen molar-refractivity contribution in [2.45, 2.75) is 26.7 Å². The lowest BCUT2D eigenvalue weighted by Gasteiger charge is -2.09. The van der Waals surface area contributed by atoms with E-state index in [9.17, 15) is 4.79 Å². The Kier molecular flexibility index (Phi) is 5.38. The summed E-state index contributed by atoms with van der Waals surface area (Å²) in [5, 5.41) is 3.50. The molecule has 0 bridgehead atoms. The lowest BCUT2D eigenvalue weighted by atomic mass is 10.1. The van der Waals surface area contributed by atoms with Gasteiger partial charge in [-0.3, -0.25) is 4.79 Å². The second-order valence-electron chi connectivity index (χ2n) is 4.90. The van der Waals surface area contributed by atoms with Gasteiger partial charge in [0.05, 0.1) is 19.9 Å². The number of aryl methyl sites for hydroxylation is 3. The molecular weight excluding hydrogens is 300 g/mol. The van der Waals surface area contributed by atoms with Crippen LogP contribution < -0.4 is 14.8 Å². The first-order valence-corrected chi connectivity index (χ1v) is 7.80. The summed E-state index contributed by atoms with van der Waals surface area (Å²) in [7, 11) is 3.20. The highest BCUT2D eigenvalue weighted by Crippen LogP contribution is 2.28. The Morgan fingerprint density at radius 3 is 2.55 bits per heavy atom. The molecule has 118 valence electrons. The van der Waals surface area contributed by atoms with Gasteiger partial charge in [-0.15, -0.1) is 11.3 Å². The summed E-state index contributed by atoms with van der Waals surface area (Å²) >= 11 is 1.50. The average Bonchev–Trinajstić information content (AvgIpc) is 2.82. The average molecular weight is 320 g/mol. The van der Waals surface area contributed by atoms with Crippen LogP contribution in [0.25, 0.3) is 0 Å². The fraction of sp³-hybridized carbons (Fsp3) is 0.375. The standard InChI is InChI=1S/C16H20N2O3S/c1-10-11(2)22-16(17-10)18-15(19)8-6-12-5-7-13(20-3)14(9-12)21-4/h5,7,9H,6,8H2,1-4H3,(H,17,18,19). The van der Waals surface area contributed by atoms with Crippen LogP contribution in [0.5, 0.6) is 11.5 Å². The van der Waals surface area contributed by atoms with E-state index < -0.39 is 0 Å². The molecule has 5 nitrogen and oxygen atoms in total. The van der Waals surface area contributed by atoms with Crippen LogP contribution in [0.3, 0.4) is 0 Å². The van der Waals surface area contributed by atoms with Crippen LogP contribution in [0.15, 0.2) is 18.2 Å². The summed E-state index contributed by atoms with van der Waals surface area (Å²) < 4.78 is 10.5. The lowest BCUT2D eigenvalue weighted by molar-refractivity contribution is -0.116. The quantitative estimate of drug-likeness (QED) is 0.886. The van der Waals surface area contributed by atoms with Crippen LogP contribution in [0.4, 0.5) is 5.13 Å². The van der Waals surface area contributed by atoms with Crippen molar-refractivity contribution in [1.29, 1.82) is 0 Å². The first-order valence-electron chi connectivity index (χ1n) is 6.98. The van der Waals surface area contributed by atoms with E-state index >= 15 is 0 Å². The van der Waals surface area contributed by atoms with Crippen molar-refractivity contribution in [1.82, 2.24) is 4.98 Å². The molecule has 2 rings (SSSR count). The molecule has 1 heterocycles. The lowest BCUT2D eigenvalue weighted by Crippen LogP contribution is -2.12. The molecule has 1 amide bonds. The monoisotopic (exact) mass is 320 g/mol. The molecular formula is C16H20N2O3S. The van der Waals surface area contributed by atoms with Gasteiger partial charge >= 0.3 is 0 Å². The summed E-state index contributed by atoms with van der Waals surface area (Å²) in [5.74, 6) is 1.32. The van der Waals surface area contributed by atoms with Gasteiger partial charge in [-0.05, 0) is 38.0 Å². The van der Waals surface area contributed by atoms with Crippen LogP contribution in [0.1, 0.15) is 22.6 Å². The number of nitrogens with one attached hydrogen (secondary N) is 1. The van der Waals surface area contributed by atoms with Gasteiger partial charge in [-0.1, -0.05) is 6.07 Å². The number of carbonyl (C=O) groups is 1. The molecule has 0 saturated heterocycles. The Morgan fingerprint density at radius 2 is 1.95 bits per heavy atom. The van der Waals surface area contributed by atoms with E-state index in [4.69, 9.17) is 9.47 Å². The third-order valence-corrected chi connectivity index (χ3v) is 4.35. The first kappa shape index (κ1) is 16.3. The fourth-order valence-corrected chi connectivity index (χ4v) is 2.83. The van der Waals surface area contributed by atoms with Gasteiger partial charge in [-0.2, -0.15) is 0 Å². The van der Waals surface area contributed by atoms with Gasteiger partial charge in [0.1, 0.15) is 0 Å². The van der Waals surface area contributed by atoms with E-state index in [2.05, 4.69) is 10.3 Å². The van der Waals surface area contributed by atoms with E-state index in [0.717, 1.165) is 16.1 Å². The van der Waals surface area contributed by atoms with Crippen LogP contribution in [0.2, 0.25) is 0 Å². The molecule has 22 heavy (non-hydrogen) atoms. The van der Waals surface area contributed by atoms with Crippen molar-refractivity contribution in [2.24, 2.45) is 0 Å². The van der Waals surface area contributed by atoms with E-state index in [1.54, 1.807) is 14.2 Å². The molecule has 0 unspecified atom stereocenters. The normalized spacial score (nSPS) is 10.4. The topological polar surface area (TPSA) is 60.5 Å². The Bertz CT molecular complexity index is 648. The molecule has 2 aromatic rings. The van der Waals surface area contributed by atoms with Gasteiger partial charge in [0.25, 0.3) is 0 Å². The Labute approximate surface area is 134 Å². The van der Waals surface area contributed by atoms with Crippen LogP contribution in [-0.2, 0) is 11.2 Å². The van der Waals surface area contributed by atoms with Crippen LogP contribution >= 0.6 is 11.3 Å². The molecule has 0 aliphatic heterocycles. The molecule has 0 aliphatic rings. The van der Waals surface area contributed by atoms with Gasteiger partial charge in [0, 0.05) is 11.3 Å². The number of benzene rings is 1. The number of carbonyl (C=O) groups excluding carboxylic acids is 1. The summed E-state index contributed by atoms with van der Waals surface area (Å²) in [6.07, 6.45) is 1.03. The predicted octanol–water partition coefficient (Wildman–Crippen LogP) is 3.35. The number of anilines is 1. The van der Waals surface area contributed by atoms with E-state index in [1.807, 2.05) is 32.0 Å². The molecule has 1 N–H and O–H groups in total. The Morgan fingerprint density at radius 1 is 1.23 bits per heavy atom. The van der Waals surface area contributed by atoms with Gasteiger partial charge in [0.2, 0.25) is 5.91 Å². The Balaban J connectivity index is 1.93. The summed E-state index contributed by atoms with van der Waals surface area (Å²) in [5.41, 5.74) is 1.99. The highest BCUT2D eigenvalue weighted by molar-refractivity contribution is 7.15. The zero-order valence-electron chi connectivity index (χ0n) is 13.2. The van der Waals surface area contributed by atoms with Crippen molar-refractivity contribution >= 4 is 22.4 Å². The third kappa shape index (κ3) is 3.98. The van der Waals surface area contributed by atoms with Crippen molar-refractivity contribution in [2.75, 3.05) is 19.5 Å².